The molecule has 19 heavy (non-hydrogen) atoms. The van der Waals surface area contributed by atoms with E-state index in [1.807, 2.05) is 0 Å². The van der Waals surface area contributed by atoms with E-state index in [1.165, 1.54) is 6.33 Å². The lowest BCUT2D eigenvalue weighted by Crippen LogP contribution is -2.32. The minimum Gasteiger partial charge on any atom is -0.394 e. The number of imidazole rings is 1. The molecule has 1 unspecified atom stereocenters. The number of aliphatic hydroxyl groups is 3. The van der Waals surface area contributed by atoms with Crippen LogP contribution in [0.1, 0.15) is 11.9 Å². The van der Waals surface area contributed by atoms with Crippen molar-refractivity contribution >= 4 is 17.0 Å². The van der Waals surface area contributed by atoms with Gasteiger partial charge in [0.25, 0.3) is 0 Å². The third-order valence-electron chi connectivity index (χ3n) is 3.15. The Morgan fingerprint density at radius 2 is 2.11 bits per heavy atom. The van der Waals surface area contributed by atoms with Gasteiger partial charge in [0, 0.05) is 0 Å². The monoisotopic (exact) mass is 267 g/mol. The first-order chi connectivity index (χ1) is 9.11. The molecule has 0 aromatic carbocycles. The van der Waals surface area contributed by atoms with Crippen LogP contribution in [-0.4, -0.2) is 60.2 Å². The zero-order chi connectivity index (χ0) is 13.6. The number of nitrogen functional groups attached to an aromatic ring is 1. The molecule has 0 spiro atoms. The van der Waals surface area contributed by atoms with Crippen molar-refractivity contribution in [2.75, 3.05) is 12.3 Å². The molecule has 0 bridgehead atoms. The minimum absolute atomic E-state index is 0.232. The summed E-state index contributed by atoms with van der Waals surface area (Å²) in [6.07, 6.45) is -2.81. The van der Waals surface area contributed by atoms with Gasteiger partial charge in [0.15, 0.2) is 11.5 Å². The zero-order valence-electron chi connectivity index (χ0n) is 9.76. The van der Waals surface area contributed by atoms with Crippen LogP contribution >= 0.6 is 0 Å². The summed E-state index contributed by atoms with van der Waals surface area (Å²) in [6.45, 7) is -0.392. The van der Waals surface area contributed by atoms with E-state index in [2.05, 4.69) is 19.9 Å². The number of nitrogens with zero attached hydrogens (tertiary/aromatic N) is 3. The lowest BCUT2D eigenvalue weighted by atomic mass is 10.1. The number of ether oxygens (including phenoxy) is 1. The fourth-order valence-electron chi connectivity index (χ4n) is 2.12. The van der Waals surface area contributed by atoms with E-state index in [4.69, 9.17) is 15.6 Å². The second-order valence-corrected chi connectivity index (χ2v) is 4.34. The van der Waals surface area contributed by atoms with Gasteiger partial charge >= 0.3 is 0 Å². The van der Waals surface area contributed by atoms with Crippen molar-refractivity contribution in [2.45, 2.75) is 24.4 Å². The Hall–Kier alpha value is -1.81. The van der Waals surface area contributed by atoms with Crippen molar-refractivity contribution in [2.24, 2.45) is 0 Å². The average molecular weight is 267 g/mol. The molecular weight excluding hydrogens is 254 g/mol. The van der Waals surface area contributed by atoms with Crippen molar-refractivity contribution < 1.29 is 20.1 Å². The molecule has 1 saturated heterocycles. The number of hydrogen-bond acceptors (Lipinski definition) is 8. The van der Waals surface area contributed by atoms with Crippen LogP contribution in [-0.2, 0) is 4.74 Å². The minimum atomic E-state index is -1.19. The fourth-order valence-corrected chi connectivity index (χ4v) is 2.12. The molecule has 3 heterocycles. The summed E-state index contributed by atoms with van der Waals surface area (Å²) in [5.41, 5.74) is 6.46. The third-order valence-corrected chi connectivity index (χ3v) is 3.15. The number of aromatic amines is 1. The molecule has 3 rings (SSSR count). The molecule has 0 saturated carbocycles. The van der Waals surface area contributed by atoms with Gasteiger partial charge in [0.1, 0.15) is 42.1 Å². The Morgan fingerprint density at radius 1 is 1.32 bits per heavy atom. The molecule has 2 aromatic rings. The molecule has 102 valence electrons. The summed E-state index contributed by atoms with van der Waals surface area (Å²) in [5.74, 6) is 0.514. The zero-order valence-corrected chi connectivity index (χ0v) is 9.76. The predicted octanol–water partition coefficient (Wildman–Crippen LogP) is -1.91. The van der Waals surface area contributed by atoms with Crippen LogP contribution in [0.2, 0.25) is 0 Å². The summed E-state index contributed by atoms with van der Waals surface area (Å²) in [5, 5.41) is 28.6. The van der Waals surface area contributed by atoms with Crippen molar-refractivity contribution in [3.05, 3.63) is 12.2 Å². The number of nitrogens with one attached hydrogen (secondary N) is 1. The number of hydrogen-bond donors (Lipinski definition) is 5. The van der Waals surface area contributed by atoms with Crippen LogP contribution < -0.4 is 5.73 Å². The Labute approximate surface area is 107 Å². The standard InChI is InChI=1S/C10H13N5O4/c11-8-4-9(13-2-12-8)15-10(14-4)7-6(18)5(17)3(1-16)19-7/h2-3,5-7,16-18H,1H2,(H3,11,12,13,14,15)/t3-,5-,6-,7?/m1/s1. The molecule has 9 nitrogen and oxygen atoms in total. The molecule has 9 heteroatoms. The van der Waals surface area contributed by atoms with Crippen molar-refractivity contribution in [1.82, 2.24) is 19.9 Å². The van der Waals surface area contributed by atoms with Gasteiger partial charge in [-0.3, -0.25) is 0 Å². The van der Waals surface area contributed by atoms with Gasteiger partial charge < -0.3 is 30.8 Å². The largest absolute Gasteiger partial charge is 0.394 e. The van der Waals surface area contributed by atoms with Gasteiger partial charge in [-0.25, -0.2) is 15.0 Å². The number of fused-ring (bicyclic) bond motifs is 1. The number of aliphatic hydroxyl groups excluding tert-OH is 3. The molecule has 1 aliphatic heterocycles. The second-order valence-electron chi connectivity index (χ2n) is 4.34. The van der Waals surface area contributed by atoms with E-state index in [1.54, 1.807) is 0 Å². The molecule has 4 atom stereocenters. The molecule has 0 aliphatic carbocycles. The van der Waals surface area contributed by atoms with Crippen LogP contribution in [0, 0.1) is 0 Å². The molecule has 1 aliphatic rings. The van der Waals surface area contributed by atoms with Crippen LogP contribution in [0.5, 0.6) is 0 Å². The van der Waals surface area contributed by atoms with Crippen molar-refractivity contribution in [3.8, 4) is 0 Å². The predicted molar refractivity (Wildman–Crippen MR) is 62.8 cm³/mol. The number of nitrogens with two attached hydrogens (primary N) is 1. The summed E-state index contributed by atoms with van der Waals surface area (Å²) in [7, 11) is 0. The van der Waals surface area contributed by atoms with Gasteiger partial charge in [0.2, 0.25) is 0 Å². The quantitative estimate of drug-likeness (QED) is 0.423. The van der Waals surface area contributed by atoms with Crippen LogP contribution in [0.15, 0.2) is 6.33 Å². The Kier molecular flexibility index (Phi) is 2.82. The SMILES string of the molecule is Nc1ncnc2nc(C3O[C@H](CO)[C@@H](O)[C@H]3O)[nH]c12. The maximum Gasteiger partial charge on any atom is 0.183 e. The molecule has 6 N–H and O–H groups in total. The summed E-state index contributed by atoms with van der Waals surface area (Å²) in [6, 6.07) is 0. The van der Waals surface area contributed by atoms with E-state index in [0.717, 1.165) is 0 Å². The average Bonchev–Trinajstić information content (AvgIpc) is 2.94. The van der Waals surface area contributed by atoms with E-state index in [-0.39, 0.29) is 11.6 Å². The van der Waals surface area contributed by atoms with Crippen molar-refractivity contribution in [1.29, 1.82) is 0 Å². The molecule has 2 aromatic heterocycles. The first-order valence-electron chi connectivity index (χ1n) is 5.70. The normalized spacial score (nSPS) is 31.1. The van der Waals surface area contributed by atoms with Gasteiger partial charge in [-0.2, -0.15) is 0 Å². The van der Waals surface area contributed by atoms with Crippen LogP contribution in [0.3, 0.4) is 0 Å². The molecule has 0 radical (unpaired) electrons. The van der Waals surface area contributed by atoms with Gasteiger partial charge in [-0.1, -0.05) is 0 Å². The summed E-state index contributed by atoms with van der Waals surface area (Å²) in [4.78, 5) is 14.8. The third kappa shape index (κ3) is 1.83. The first-order valence-corrected chi connectivity index (χ1v) is 5.70. The maximum atomic E-state index is 9.89. The van der Waals surface area contributed by atoms with E-state index in [9.17, 15) is 10.2 Å². The highest BCUT2D eigenvalue weighted by atomic mass is 16.6. The molecular formula is C10H13N5O4. The smallest absolute Gasteiger partial charge is 0.183 e. The Balaban J connectivity index is 1.99. The number of anilines is 1. The molecule has 0 amide bonds. The highest BCUT2D eigenvalue weighted by Gasteiger charge is 2.44. The second kappa shape index (κ2) is 4.38. The van der Waals surface area contributed by atoms with Gasteiger partial charge in [-0.15, -0.1) is 0 Å². The fraction of sp³-hybridized carbons (Fsp3) is 0.500. The van der Waals surface area contributed by atoms with Crippen LogP contribution in [0.25, 0.3) is 11.2 Å². The lowest BCUT2D eigenvalue weighted by molar-refractivity contribution is -0.0249. The number of aromatic nitrogens is 4. The van der Waals surface area contributed by atoms with Gasteiger partial charge in [-0.05, 0) is 0 Å². The summed E-state index contributed by atoms with van der Waals surface area (Å²) >= 11 is 0. The maximum absolute atomic E-state index is 9.89. The highest BCUT2D eigenvalue weighted by Crippen LogP contribution is 2.32. The first kappa shape index (κ1) is 12.2. The Bertz CT molecular complexity index is 603. The van der Waals surface area contributed by atoms with Crippen LogP contribution in [0.4, 0.5) is 5.82 Å². The van der Waals surface area contributed by atoms with E-state index in [0.29, 0.717) is 11.2 Å². The summed E-state index contributed by atoms with van der Waals surface area (Å²) < 4.78 is 5.36. The van der Waals surface area contributed by atoms with E-state index < -0.39 is 31.0 Å². The highest BCUT2D eigenvalue weighted by molar-refractivity contribution is 5.81. The van der Waals surface area contributed by atoms with E-state index >= 15 is 0 Å². The number of rotatable bonds is 2. The number of H-pyrrole nitrogens is 1. The topological polar surface area (TPSA) is 150 Å². The van der Waals surface area contributed by atoms with Crippen molar-refractivity contribution in [3.63, 3.8) is 0 Å². The molecule has 1 fully saturated rings. The Morgan fingerprint density at radius 3 is 2.74 bits per heavy atom. The van der Waals surface area contributed by atoms with Gasteiger partial charge in [0.05, 0.1) is 6.61 Å². The lowest BCUT2D eigenvalue weighted by Gasteiger charge is -2.11.